The van der Waals surface area contributed by atoms with E-state index in [0.717, 1.165) is 0 Å². The van der Waals surface area contributed by atoms with E-state index in [0.29, 0.717) is 6.23 Å². The molecule has 0 atom stereocenters. The van der Waals surface area contributed by atoms with Crippen molar-refractivity contribution < 1.29 is 9.78 Å². The van der Waals surface area contributed by atoms with E-state index < -0.39 is 8.07 Å². The third kappa shape index (κ3) is 2.95. The fourth-order valence-corrected chi connectivity index (χ4v) is 2.85. The first-order chi connectivity index (χ1) is 6.17. The highest BCUT2D eigenvalue weighted by atomic mass is 28.3. The molecule has 0 aromatic heterocycles. The number of rotatable bonds is 4. The van der Waals surface area contributed by atoms with Gasteiger partial charge in [0.1, 0.15) is 8.07 Å². The molecule has 0 heterocycles. The third-order valence-electron chi connectivity index (χ3n) is 2.09. The molecule has 0 aliphatic rings. The second kappa shape index (κ2) is 4.55. The van der Waals surface area contributed by atoms with E-state index in [2.05, 4.69) is 42.2 Å². The molecule has 0 spiro atoms. The predicted octanol–water partition coefficient (Wildman–Crippen LogP) is 1.72. The van der Waals surface area contributed by atoms with Crippen molar-refractivity contribution in [2.45, 2.75) is 13.1 Å². The molecule has 72 valence electrons. The molecule has 1 aromatic carbocycles. The summed E-state index contributed by atoms with van der Waals surface area (Å²) in [6.07, 6.45) is 0.702. The van der Waals surface area contributed by atoms with Gasteiger partial charge in [-0.15, -0.1) is 0 Å². The summed E-state index contributed by atoms with van der Waals surface area (Å²) < 4.78 is 0. The van der Waals surface area contributed by atoms with Gasteiger partial charge in [-0.2, -0.15) is 0 Å². The lowest BCUT2D eigenvalue weighted by Gasteiger charge is -2.21. The Labute approximate surface area is 80.4 Å². The molecular weight excluding hydrogens is 180 g/mol. The van der Waals surface area contributed by atoms with Crippen LogP contribution in [0.2, 0.25) is 13.1 Å². The molecule has 0 radical (unpaired) electrons. The van der Waals surface area contributed by atoms with E-state index in [1.54, 1.807) is 7.11 Å². The van der Waals surface area contributed by atoms with Crippen molar-refractivity contribution >= 4 is 13.3 Å². The van der Waals surface area contributed by atoms with Crippen LogP contribution in [0.5, 0.6) is 0 Å². The Kier molecular flexibility index (Phi) is 3.66. The summed E-state index contributed by atoms with van der Waals surface area (Å²) in [7, 11) is 0.103. The summed E-state index contributed by atoms with van der Waals surface area (Å²) in [5, 5.41) is 1.40. The topological polar surface area (TPSA) is 18.5 Å². The zero-order chi connectivity index (χ0) is 9.73. The minimum absolute atomic E-state index is 0.702. The van der Waals surface area contributed by atoms with Crippen LogP contribution in [-0.4, -0.2) is 21.4 Å². The van der Waals surface area contributed by atoms with Crippen LogP contribution >= 0.6 is 0 Å². The Bertz CT molecular complexity index is 246. The summed E-state index contributed by atoms with van der Waals surface area (Å²) in [5.41, 5.74) is 0. The van der Waals surface area contributed by atoms with Gasteiger partial charge < -0.3 is 0 Å². The van der Waals surface area contributed by atoms with Crippen molar-refractivity contribution in [2.24, 2.45) is 0 Å². The minimum Gasteiger partial charge on any atom is -0.240 e. The first-order valence-electron chi connectivity index (χ1n) is 4.38. The molecule has 3 heteroatoms. The number of benzene rings is 1. The van der Waals surface area contributed by atoms with Gasteiger partial charge in [0.2, 0.25) is 0 Å². The fourth-order valence-electron chi connectivity index (χ4n) is 1.18. The quantitative estimate of drug-likeness (QED) is 0.415. The summed E-state index contributed by atoms with van der Waals surface area (Å²) >= 11 is 0. The first kappa shape index (κ1) is 10.4. The van der Waals surface area contributed by atoms with E-state index in [1.165, 1.54) is 5.19 Å². The first-order valence-corrected chi connectivity index (χ1v) is 7.58. The number of hydrogen-bond donors (Lipinski definition) is 0. The average molecular weight is 196 g/mol. The molecule has 0 aliphatic carbocycles. The largest absolute Gasteiger partial charge is 0.240 e. The maximum Gasteiger partial charge on any atom is 0.113 e. The van der Waals surface area contributed by atoms with Gasteiger partial charge in [-0.05, 0) is 0 Å². The van der Waals surface area contributed by atoms with Crippen molar-refractivity contribution in [3.05, 3.63) is 30.3 Å². The molecule has 2 nitrogen and oxygen atoms in total. The Hall–Kier alpha value is -0.643. The average Bonchev–Trinajstić information content (AvgIpc) is 2.16. The maximum absolute atomic E-state index is 5.01. The van der Waals surface area contributed by atoms with Gasteiger partial charge in [0.05, 0.1) is 13.3 Å². The summed E-state index contributed by atoms with van der Waals surface area (Å²) in [6, 6.07) is 10.5. The summed E-state index contributed by atoms with van der Waals surface area (Å²) in [5.74, 6) is 0. The molecule has 0 N–H and O–H groups in total. The van der Waals surface area contributed by atoms with Crippen LogP contribution in [0.25, 0.3) is 0 Å². The predicted molar refractivity (Wildman–Crippen MR) is 56.5 cm³/mol. The molecule has 0 amide bonds. The molecule has 1 rings (SSSR count). The third-order valence-corrected chi connectivity index (χ3v) is 4.83. The van der Waals surface area contributed by atoms with Crippen LogP contribution in [-0.2, 0) is 9.78 Å². The van der Waals surface area contributed by atoms with Crippen molar-refractivity contribution in [3.8, 4) is 0 Å². The molecule has 0 saturated carbocycles. The highest BCUT2D eigenvalue weighted by Crippen LogP contribution is 2.03. The molecule has 0 bridgehead atoms. The van der Waals surface area contributed by atoms with E-state index in [1.807, 2.05) is 6.07 Å². The molecule has 13 heavy (non-hydrogen) atoms. The van der Waals surface area contributed by atoms with Crippen LogP contribution in [0.4, 0.5) is 0 Å². The molecule has 0 unspecified atom stereocenters. The smallest absolute Gasteiger partial charge is 0.113 e. The zero-order valence-corrected chi connectivity index (χ0v) is 9.41. The lowest BCUT2D eigenvalue weighted by molar-refractivity contribution is -0.258. The van der Waals surface area contributed by atoms with E-state index in [9.17, 15) is 0 Å². The zero-order valence-electron chi connectivity index (χ0n) is 8.41. The van der Waals surface area contributed by atoms with E-state index in [-0.39, 0.29) is 0 Å². The van der Waals surface area contributed by atoms with Crippen LogP contribution in [0.1, 0.15) is 0 Å². The molecule has 0 aliphatic heterocycles. The van der Waals surface area contributed by atoms with Crippen LogP contribution < -0.4 is 5.19 Å². The number of hydrogen-bond acceptors (Lipinski definition) is 2. The Morgan fingerprint density at radius 2 is 1.77 bits per heavy atom. The SMILES string of the molecule is COOC[Si](C)(C)c1ccccc1. The van der Waals surface area contributed by atoms with Crippen LogP contribution in [0.3, 0.4) is 0 Å². The lowest BCUT2D eigenvalue weighted by atomic mass is 10.4. The van der Waals surface area contributed by atoms with Gasteiger partial charge in [-0.25, -0.2) is 9.78 Å². The molecule has 0 fully saturated rings. The Balaban J connectivity index is 2.69. The monoisotopic (exact) mass is 196 g/mol. The molecular formula is C10H16O2Si. The highest BCUT2D eigenvalue weighted by Gasteiger charge is 2.23. The van der Waals surface area contributed by atoms with Crippen LogP contribution in [0.15, 0.2) is 30.3 Å². The molecule has 0 saturated heterocycles. The standard InChI is InChI=1S/C10H16O2Si/c1-11-12-9-13(2,3)10-7-5-4-6-8-10/h4-8H,9H2,1-3H3. The van der Waals surface area contributed by atoms with E-state index >= 15 is 0 Å². The highest BCUT2D eigenvalue weighted by molar-refractivity contribution is 6.89. The van der Waals surface area contributed by atoms with Gasteiger partial charge in [-0.3, -0.25) is 0 Å². The van der Waals surface area contributed by atoms with Crippen molar-refractivity contribution in [3.63, 3.8) is 0 Å². The Morgan fingerprint density at radius 1 is 1.15 bits per heavy atom. The minimum atomic E-state index is -1.45. The second-order valence-electron chi connectivity index (χ2n) is 3.68. The van der Waals surface area contributed by atoms with Gasteiger partial charge in [0.15, 0.2) is 0 Å². The van der Waals surface area contributed by atoms with E-state index in [4.69, 9.17) is 4.89 Å². The fraction of sp³-hybridized carbons (Fsp3) is 0.400. The van der Waals surface area contributed by atoms with Crippen molar-refractivity contribution in [1.82, 2.24) is 0 Å². The van der Waals surface area contributed by atoms with Gasteiger partial charge in [0, 0.05) is 0 Å². The van der Waals surface area contributed by atoms with Gasteiger partial charge in [0.25, 0.3) is 0 Å². The van der Waals surface area contributed by atoms with Crippen molar-refractivity contribution in [2.75, 3.05) is 13.3 Å². The van der Waals surface area contributed by atoms with Gasteiger partial charge in [-0.1, -0.05) is 48.6 Å². The lowest BCUT2D eigenvalue weighted by Crippen LogP contribution is -2.46. The summed E-state index contributed by atoms with van der Waals surface area (Å²) in [4.78, 5) is 9.65. The molecule has 1 aromatic rings. The normalized spacial score (nSPS) is 11.6. The Morgan fingerprint density at radius 3 is 2.31 bits per heavy atom. The summed E-state index contributed by atoms with van der Waals surface area (Å²) in [6.45, 7) is 4.53. The van der Waals surface area contributed by atoms with Gasteiger partial charge >= 0.3 is 0 Å². The van der Waals surface area contributed by atoms with Crippen LogP contribution in [0, 0.1) is 0 Å². The van der Waals surface area contributed by atoms with Crippen molar-refractivity contribution in [1.29, 1.82) is 0 Å². The maximum atomic E-state index is 5.01. The second-order valence-corrected chi connectivity index (χ2v) is 8.31.